The first-order chi connectivity index (χ1) is 7.81. The minimum atomic E-state index is -0.902. The molecule has 1 unspecified atom stereocenters. The molecule has 1 aromatic carbocycles. The molecule has 0 bridgehead atoms. The standard InChI is InChI=1S/C13H20ClNO2/c1-8-6-11(17-5)9(7-10(8)14)12(15-4)13(2,3)16/h6-7,12,15-16H,1-5H3. The molecule has 1 atom stereocenters. The third kappa shape index (κ3) is 3.12. The molecule has 0 fully saturated rings. The van der Waals surface area contributed by atoms with Gasteiger partial charge in [0.15, 0.2) is 0 Å². The SMILES string of the molecule is CNC(c1cc(Cl)c(C)cc1OC)C(C)(C)O. The van der Waals surface area contributed by atoms with E-state index < -0.39 is 5.60 Å². The fourth-order valence-electron chi connectivity index (χ4n) is 1.96. The van der Waals surface area contributed by atoms with Crippen LogP contribution in [0.2, 0.25) is 5.02 Å². The van der Waals surface area contributed by atoms with Gasteiger partial charge in [-0.05, 0) is 45.5 Å². The van der Waals surface area contributed by atoms with Crippen LogP contribution in [0.25, 0.3) is 0 Å². The topological polar surface area (TPSA) is 41.5 Å². The lowest BCUT2D eigenvalue weighted by Gasteiger charge is -2.30. The summed E-state index contributed by atoms with van der Waals surface area (Å²) in [5.41, 5.74) is 0.914. The van der Waals surface area contributed by atoms with Crippen molar-refractivity contribution >= 4 is 11.6 Å². The monoisotopic (exact) mass is 257 g/mol. The number of hydrogen-bond acceptors (Lipinski definition) is 3. The molecular formula is C13H20ClNO2. The van der Waals surface area contributed by atoms with E-state index in [2.05, 4.69) is 5.32 Å². The molecule has 3 nitrogen and oxygen atoms in total. The fourth-order valence-corrected chi connectivity index (χ4v) is 2.13. The number of nitrogens with one attached hydrogen (secondary N) is 1. The Kier molecular flexibility index (Phi) is 4.42. The predicted molar refractivity (Wildman–Crippen MR) is 70.8 cm³/mol. The van der Waals surface area contributed by atoms with E-state index in [1.54, 1.807) is 28.0 Å². The van der Waals surface area contributed by atoms with Crippen molar-refractivity contribution in [2.24, 2.45) is 0 Å². The van der Waals surface area contributed by atoms with E-state index in [0.717, 1.165) is 16.9 Å². The van der Waals surface area contributed by atoms with Crippen LogP contribution in [0, 0.1) is 6.92 Å². The van der Waals surface area contributed by atoms with Gasteiger partial charge < -0.3 is 15.2 Å². The van der Waals surface area contributed by atoms with Crippen LogP contribution in [-0.4, -0.2) is 24.9 Å². The highest BCUT2D eigenvalue weighted by Crippen LogP contribution is 2.35. The molecule has 0 saturated carbocycles. The average Bonchev–Trinajstić information content (AvgIpc) is 2.21. The van der Waals surface area contributed by atoms with E-state index in [9.17, 15) is 5.11 Å². The van der Waals surface area contributed by atoms with E-state index in [1.807, 2.05) is 19.1 Å². The molecule has 1 rings (SSSR count). The second kappa shape index (κ2) is 5.25. The molecule has 0 aliphatic carbocycles. The third-order valence-corrected chi connectivity index (χ3v) is 3.22. The van der Waals surface area contributed by atoms with Gasteiger partial charge in [0.2, 0.25) is 0 Å². The quantitative estimate of drug-likeness (QED) is 0.872. The highest BCUT2D eigenvalue weighted by Gasteiger charge is 2.29. The minimum Gasteiger partial charge on any atom is -0.496 e. The van der Waals surface area contributed by atoms with Gasteiger partial charge in [0, 0.05) is 10.6 Å². The highest BCUT2D eigenvalue weighted by atomic mass is 35.5. The summed E-state index contributed by atoms with van der Waals surface area (Å²) in [6, 6.07) is 3.48. The molecule has 0 amide bonds. The normalized spacial score (nSPS) is 13.6. The summed E-state index contributed by atoms with van der Waals surface area (Å²) in [7, 11) is 3.42. The molecular weight excluding hydrogens is 238 g/mol. The van der Waals surface area contributed by atoms with Gasteiger partial charge in [-0.15, -0.1) is 0 Å². The van der Waals surface area contributed by atoms with Crippen molar-refractivity contribution in [2.75, 3.05) is 14.2 Å². The third-order valence-electron chi connectivity index (χ3n) is 2.82. The molecule has 17 heavy (non-hydrogen) atoms. The Morgan fingerprint density at radius 3 is 2.41 bits per heavy atom. The van der Waals surface area contributed by atoms with Gasteiger partial charge >= 0.3 is 0 Å². The summed E-state index contributed by atoms with van der Waals surface area (Å²) >= 11 is 6.13. The van der Waals surface area contributed by atoms with Crippen molar-refractivity contribution < 1.29 is 9.84 Å². The summed E-state index contributed by atoms with van der Waals surface area (Å²) in [4.78, 5) is 0. The Bertz CT molecular complexity index is 399. The summed E-state index contributed by atoms with van der Waals surface area (Å²) in [5.74, 6) is 0.730. The molecule has 0 spiro atoms. The maximum absolute atomic E-state index is 10.1. The molecule has 1 aromatic rings. The van der Waals surface area contributed by atoms with Crippen LogP contribution in [0.15, 0.2) is 12.1 Å². The lowest BCUT2D eigenvalue weighted by molar-refractivity contribution is 0.0391. The van der Waals surface area contributed by atoms with Gasteiger partial charge in [-0.2, -0.15) is 0 Å². The van der Waals surface area contributed by atoms with Crippen molar-refractivity contribution in [2.45, 2.75) is 32.4 Å². The van der Waals surface area contributed by atoms with Gasteiger partial charge in [0.05, 0.1) is 18.8 Å². The van der Waals surface area contributed by atoms with E-state index in [4.69, 9.17) is 16.3 Å². The fraction of sp³-hybridized carbons (Fsp3) is 0.538. The first-order valence-electron chi connectivity index (χ1n) is 5.55. The Morgan fingerprint density at radius 2 is 2.00 bits per heavy atom. The maximum Gasteiger partial charge on any atom is 0.124 e. The van der Waals surface area contributed by atoms with Crippen molar-refractivity contribution in [3.05, 3.63) is 28.3 Å². The van der Waals surface area contributed by atoms with Crippen LogP contribution >= 0.6 is 11.6 Å². The van der Waals surface area contributed by atoms with E-state index in [-0.39, 0.29) is 6.04 Å². The zero-order valence-electron chi connectivity index (χ0n) is 11.0. The second-order valence-corrected chi connectivity index (χ2v) is 5.13. The number of methoxy groups -OCH3 is 1. The Labute approximate surface area is 108 Å². The first kappa shape index (κ1) is 14.3. The van der Waals surface area contributed by atoms with Gasteiger partial charge in [-0.25, -0.2) is 0 Å². The number of benzene rings is 1. The summed E-state index contributed by atoms with van der Waals surface area (Å²) in [6.45, 7) is 5.43. The molecule has 0 heterocycles. The lowest BCUT2D eigenvalue weighted by Crippen LogP contribution is -2.37. The number of aliphatic hydroxyl groups is 1. The molecule has 0 radical (unpaired) electrons. The number of rotatable bonds is 4. The Hall–Kier alpha value is -0.770. The summed E-state index contributed by atoms with van der Waals surface area (Å²) in [5, 5.41) is 13.9. The molecule has 0 saturated heterocycles. The molecule has 2 N–H and O–H groups in total. The highest BCUT2D eigenvalue weighted by molar-refractivity contribution is 6.31. The van der Waals surface area contributed by atoms with E-state index in [1.165, 1.54) is 0 Å². The van der Waals surface area contributed by atoms with Crippen molar-refractivity contribution in [3.8, 4) is 5.75 Å². The Morgan fingerprint density at radius 1 is 1.41 bits per heavy atom. The largest absolute Gasteiger partial charge is 0.496 e. The second-order valence-electron chi connectivity index (χ2n) is 4.72. The Balaban J connectivity index is 3.32. The minimum absolute atomic E-state index is 0.240. The molecule has 96 valence electrons. The zero-order chi connectivity index (χ0) is 13.2. The number of ether oxygens (including phenoxy) is 1. The van der Waals surface area contributed by atoms with Gasteiger partial charge in [0.1, 0.15) is 5.75 Å². The average molecular weight is 258 g/mol. The maximum atomic E-state index is 10.1. The molecule has 0 aromatic heterocycles. The summed E-state index contributed by atoms with van der Waals surface area (Å²) < 4.78 is 5.35. The first-order valence-corrected chi connectivity index (χ1v) is 5.92. The molecule has 0 aliphatic heterocycles. The van der Waals surface area contributed by atoms with Gasteiger partial charge in [-0.3, -0.25) is 0 Å². The van der Waals surface area contributed by atoms with Crippen molar-refractivity contribution in [1.29, 1.82) is 0 Å². The predicted octanol–water partition coefficient (Wildman–Crippen LogP) is 2.69. The summed E-state index contributed by atoms with van der Waals surface area (Å²) in [6.07, 6.45) is 0. The molecule has 4 heteroatoms. The van der Waals surface area contributed by atoms with Crippen LogP contribution in [0.3, 0.4) is 0 Å². The van der Waals surface area contributed by atoms with Gasteiger partial charge in [0.25, 0.3) is 0 Å². The van der Waals surface area contributed by atoms with Gasteiger partial charge in [-0.1, -0.05) is 11.6 Å². The molecule has 0 aliphatic rings. The van der Waals surface area contributed by atoms with Crippen LogP contribution in [0.5, 0.6) is 5.75 Å². The van der Waals surface area contributed by atoms with E-state index in [0.29, 0.717) is 5.02 Å². The van der Waals surface area contributed by atoms with Crippen LogP contribution in [-0.2, 0) is 0 Å². The van der Waals surface area contributed by atoms with Crippen molar-refractivity contribution in [3.63, 3.8) is 0 Å². The van der Waals surface area contributed by atoms with Crippen LogP contribution in [0.1, 0.15) is 31.0 Å². The number of halogens is 1. The number of aryl methyl sites for hydroxylation is 1. The zero-order valence-corrected chi connectivity index (χ0v) is 11.7. The van der Waals surface area contributed by atoms with Crippen molar-refractivity contribution in [1.82, 2.24) is 5.32 Å². The van der Waals surface area contributed by atoms with Crippen LogP contribution < -0.4 is 10.1 Å². The van der Waals surface area contributed by atoms with E-state index >= 15 is 0 Å². The smallest absolute Gasteiger partial charge is 0.124 e. The van der Waals surface area contributed by atoms with Crippen LogP contribution in [0.4, 0.5) is 0 Å². The number of likely N-dealkylation sites (N-methyl/N-ethyl adjacent to an activating group) is 1. The lowest BCUT2D eigenvalue weighted by atomic mass is 9.91. The number of hydrogen-bond donors (Lipinski definition) is 2.